The van der Waals surface area contributed by atoms with Crippen molar-refractivity contribution in [2.75, 3.05) is 49.9 Å². The van der Waals surface area contributed by atoms with Gasteiger partial charge >= 0.3 is 5.69 Å². The van der Waals surface area contributed by atoms with Gasteiger partial charge in [0.1, 0.15) is 11.6 Å². The summed E-state index contributed by atoms with van der Waals surface area (Å²) in [6.07, 6.45) is 1.31. The highest BCUT2D eigenvalue weighted by Crippen LogP contribution is 2.45. The molecule has 3 aliphatic heterocycles. The topological polar surface area (TPSA) is 61.7 Å². The predicted octanol–water partition coefficient (Wildman–Crippen LogP) is 6.17. The summed E-state index contributed by atoms with van der Waals surface area (Å²) < 4.78 is 39.0. The van der Waals surface area contributed by atoms with Crippen LogP contribution >= 0.6 is 23.4 Å². The molecule has 1 aromatic heterocycles. The molecule has 0 spiro atoms. The first-order valence-corrected chi connectivity index (χ1v) is 16.3. The molecule has 1 unspecified atom stereocenters. The second-order valence-electron chi connectivity index (χ2n) is 11.6. The molecule has 3 aromatic rings. The Morgan fingerprint density at radius 3 is 2.48 bits per heavy atom. The van der Waals surface area contributed by atoms with Crippen LogP contribution < -0.4 is 10.6 Å². The van der Waals surface area contributed by atoms with Gasteiger partial charge in [-0.2, -0.15) is 4.98 Å². The molecular weight excluding hydrogens is 611 g/mol. The number of benzene rings is 2. The molecule has 2 saturated heterocycles. The molecule has 1 amide bonds. The van der Waals surface area contributed by atoms with Crippen LogP contribution in [0.1, 0.15) is 26.7 Å². The zero-order valence-corrected chi connectivity index (χ0v) is 26.5. The SMILES string of the molecule is C=CC(=O)N1CCN(c2nc(=O)n3c4c(c(-c5ccc(F)cc5)c(Cl)cc24)SCC3)C(C)C1.CC1CCN(CC(F)F)CC1. The summed E-state index contributed by atoms with van der Waals surface area (Å²) in [6.45, 7) is 11.6. The molecule has 44 heavy (non-hydrogen) atoms. The van der Waals surface area contributed by atoms with Gasteiger partial charge in [-0.1, -0.05) is 37.2 Å². The first-order valence-electron chi connectivity index (χ1n) is 14.9. The van der Waals surface area contributed by atoms with Crippen LogP contribution in [0.25, 0.3) is 22.0 Å². The van der Waals surface area contributed by atoms with Crippen molar-refractivity contribution in [1.29, 1.82) is 0 Å². The number of nitrogens with zero attached hydrogens (tertiary/aromatic N) is 5. The van der Waals surface area contributed by atoms with Crippen LogP contribution in [-0.4, -0.2) is 82.7 Å². The maximum absolute atomic E-state index is 13.5. The van der Waals surface area contributed by atoms with Crippen molar-refractivity contribution in [3.63, 3.8) is 0 Å². The maximum Gasteiger partial charge on any atom is 0.350 e. The summed E-state index contributed by atoms with van der Waals surface area (Å²) >= 11 is 8.45. The summed E-state index contributed by atoms with van der Waals surface area (Å²) in [4.78, 5) is 36.2. The number of amides is 1. The van der Waals surface area contributed by atoms with Gasteiger partial charge in [0, 0.05) is 53.8 Å². The first kappa shape index (κ1) is 32.4. The van der Waals surface area contributed by atoms with E-state index in [0.29, 0.717) is 37.0 Å². The molecule has 0 saturated carbocycles. The molecule has 12 heteroatoms. The molecule has 0 aliphatic carbocycles. The van der Waals surface area contributed by atoms with Crippen molar-refractivity contribution < 1.29 is 18.0 Å². The summed E-state index contributed by atoms with van der Waals surface area (Å²) in [7, 11) is 0. The second-order valence-corrected chi connectivity index (χ2v) is 13.1. The lowest BCUT2D eigenvalue weighted by Gasteiger charge is -2.40. The third kappa shape index (κ3) is 6.94. The number of thioether (sulfide) groups is 1. The summed E-state index contributed by atoms with van der Waals surface area (Å²) in [5.41, 5.74) is 2.11. The van der Waals surface area contributed by atoms with Gasteiger partial charge in [-0.15, -0.1) is 11.8 Å². The summed E-state index contributed by atoms with van der Waals surface area (Å²) in [5, 5.41) is 1.34. The summed E-state index contributed by atoms with van der Waals surface area (Å²) in [5.74, 6) is 1.61. The number of aromatic nitrogens is 2. The van der Waals surface area contributed by atoms with E-state index < -0.39 is 6.43 Å². The van der Waals surface area contributed by atoms with Gasteiger partial charge in [-0.3, -0.25) is 14.3 Å². The zero-order valence-electron chi connectivity index (χ0n) is 24.9. The van der Waals surface area contributed by atoms with E-state index in [4.69, 9.17) is 11.6 Å². The van der Waals surface area contributed by atoms with Crippen LogP contribution in [0.2, 0.25) is 5.02 Å². The highest BCUT2D eigenvalue weighted by atomic mass is 35.5. The Morgan fingerprint density at radius 1 is 1.14 bits per heavy atom. The van der Waals surface area contributed by atoms with Gasteiger partial charge in [0.25, 0.3) is 6.43 Å². The lowest BCUT2D eigenvalue weighted by molar-refractivity contribution is -0.126. The van der Waals surface area contributed by atoms with Crippen molar-refractivity contribution in [2.45, 2.75) is 50.6 Å². The van der Waals surface area contributed by atoms with Gasteiger partial charge in [0.05, 0.1) is 17.1 Å². The largest absolute Gasteiger partial charge is 0.350 e. The quantitative estimate of drug-likeness (QED) is 0.309. The Hall–Kier alpha value is -3.02. The van der Waals surface area contributed by atoms with E-state index >= 15 is 0 Å². The van der Waals surface area contributed by atoms with E-state index in [2.05, 4.69) is 23.4 Å². The Balaban J connectivity index is 0.000000296. The molecule has 0 radical (unpaired) electrons. The number of rotatable bonds is 5. The smallest absolute Gasteiger partial charge is 0.350 e. The molecule has 2 fully saturated rings. The summed E-state index contributed by atoms with van der Waals surface area (Å²) in [6, 6.07) is 8.05. The third-order valence-electron chi connectivity index (χ3n) is 8.50. The Labute approximate surface area is 264 Å². The number of hydrogen-bond donors (Lipinski definition) is 0. The normalized spacial score (nSPS) is 19.2. The standard InChI is InChI=1S/C24H22ClFN4O2S.C8H15F2N/c1-3-19(31)28-8-9-29(14(2)13-28)23-17-12-18(25)20(15-4-6-16(26)7-5-15)22-21(17)30(10-11-33-22)24(32)27-23;1-7-2-4-11(5-3-7)6-8(9)10/h3-7,12,14H,1,8-11,13H2,2H3;7-8H,2-6H2,1H3. The molecule has 4 heterocycles. The van der Waals surface area contributed by atoms with Gasteiger partial charge in [0.2, 0.25) is 5.91 Å². The number of likely N-dealkylation sites (tertiary alicyclic amines) is 1. The minimum absolute atomic E-state index is 0.0350. The van der Waals surface area contributed by atoms with Crippen LogP contribution in [-0.2, 0) is 11.3 Å². The average Bonchev–Trinajstić information content (AvgIpc) is 3.00. The lowest BCUT2D eigenvalue weighted by atomic mass is 9.99. The number of carbonyl (C=O) groups is 1. The fourth-order valence-electron chi connectivity index (χ4n) is 6.09. The van der Waals surface area contributed by atoms with Crippen molar-refractivity contribution >= 4 is 46.0 Å². The Kier molecular flexibility index (Phi) is 10.3. The van der Waals surface area contributed by atoms with E-state index in [9.17, 15) is 22.8 Å². The fraction of sp³-hybridized carbons (Fsp3) is 0.469. The lowest BCUT2D eigenvalue weighted by Crippen LogP contribution is -2.54. The van der Waals surface area contributed by atoms with Crippen molar-refractivity contribution in [2.24, 2.45) is 5.92 Å². The van der Waals surface area contributed by atoms with Crippen molar-refractivity contribution in [1.82, 2.24) is 19.4 Å². The van der Waals surface area contributed by atoms with E-state index in [1.165, 1.54) is 18.2 Å². The fourth-order valence-corrected chi connectivity index (χ4v) is 7.67. The Morgan fingerprint density at radius 2 is 1.84 bits per heavy atom. The number of aryl methyl sites for hydroxylation is 1. The number of alkyl halides is 2. The predicted molar refractivity (Wildman–Crippen MR) is 172 cm³/mol. The average molecular weight is 648 g/mol. The van der Waals surface area contributed by atoms with Crippen LogP contribution in [0, 0.1) is 11.7 Å². The van der Waals surface area contributed by atoms with Crippen LogP contribution in [0.5, 0.6) is 0 Å². The van der Waals surface area contributed by atoms with E-state index in [-0.39, 0.29) is 30.0 Å². The van der Waals surface area contributed by atoms with Crippen molar-refractivity contribution in [3.8, 4) is 11.1 Å². The highest BCUT2D eigenvalue weighted by molar-refractivity contribution is 7.99. The zero-order chi connectivity index (χ0) is 31.5. The van der Waals surface area contributed by atoms with Gasteiger partial charge in [-0.05, 0) is 68.6 Å². The molecule has 0 bridgehead atoms. The van der Waals surface area contributed by atoms with Gasteiger partial charge in [-0.25, -0.2) is 18.0 Å². The van der Waals surface area contributed by atoms with Crippen LogP contribution in [0.4, 0.5) is 19.0 Å². The molecule has 0 N–H and O–H groups in total. The number of piperidine rings is 1. The Bertz CT molecular complexity index is 1580. The maximum atomic E-state index is 13.5. The highest BCUT2D eigenvalue weighted by Gasteiger charge is 2.31. The number of carbonyl (C=O) groups excluding carboxylic acids is 1. The number of piperazine rings is 1. The monoisotopic (exact) mass is 647 g/mol. The molecule has 236 valence electrons. The van der Waals surface area contributed by atoms with Gasteiger partial charge < -0.3 is 9.80 Å². The molecule has 3 aliphatic rings. The molecule has 7 nitrogen and oxygen atoms in total. The first-order chi connectivity index (χ1) is 21.1. The number of halogens is 4. The van der Waals surface area contributed by atoms with Crippen LogP contribution in [0.3, 0.4) is 0 Å². The van der Waals surface area contributed by atoms with E-state index in [0.717, 1.165) is 64.5 Å². The number of anilines is 1. The van der Waals surface area contributed by atoms with Crippen LogP contribution in [0.15, 0.2) is 52.7 Å². The third-order valence-corrected chi connectivity index (χ3v) is 9.87. The molecular formula is C32H37ClF3N5O2S. The molecule has 6 rings (SSSR count). The van der Waals surface area contributed by atoms with Gasteiger partial charge in [0.15, 0.2) is 0 Å². The molecule has 1 atom stereocenters. The number of hydrogen-bond acceptors (Lipinski definition) is 6. The van der Waals surface area contributed by atoms with E-state index in [1.807, 2.05) is 17.9 Å². The van der Waals surface area contributed by atoms with Crippen molar-refractivity contribution in [3.05, 3.63) is 64.3 Å². The minimum atomic E-state index is -2.16. The second kappa shape index (κ2) is 14.0. The molecule has 2 aromatic carbocycles. The van der Waals surface area contributed by atoms with E-state index in [1.54, 1.807) is 33.4 Å². The minimum Gasteiger partial charge on any atom is -0.350 e.